The van der Waals surface area contributed by atoms with Gasteiger partial charge < -0.3 is 5.11 Å². The van der Waals surface area contributed by atoms with E-state index in [4.69, 9.17) is 16.7 Å². The molecule has 0 aromatic carbocycles. The Labute approximate surface area is 96.1 Å². The molecule has 0 aliphatic rings. The summed E-state index contributed by atoms with van der Waals surface area (Å²) in [5, 5.41) is 8.48. The Hall–Kier alpha value is -1.23. The quantitative estimate of drug-likeness (QED) is 0.835. The van der Waals surface area contributed by atoms with Crippen LogP contribution in [0.25, 0.3) is 0 Å². The lowest BCUT2D eigenvalue weighted by atomic mass is 9.97. The second-order valence-electron chi connectivity index (χ2n) is 3.37. The maximum atomic E-state index is 12.7. The summed E-state index contributed by atoms with van der Waals surface area (Å²) in [7, 11) is 0. The zero-order valence-corrected chi connectivity index (χ0v) is 9.21. The van der Waals surface area contributed by atoms with Crippen molar-refractivity contribution in [3.63, 3.8) is 0 Å². The van der Waals surface area contributed by atoms with Gasteiger partial charge in [0, 0.05) is 5.69 Å². The molecule has 0 fully saturated rings. The zero-order valence-electron chi connectivity index (χ0n) is 8.45. The van der Waals surface area contributed by atoms with Crippen molar-refractivity contribution in [3.8, 4) is 0 Å². The van der Waals surface area contributed by atoms with Crippen molar-refractivity contribution < 1.29 is 18.7 Å². The number of halogens is 3. The summed E-state index contributed by atoms with van der Waals surface area (Å²) in [4.78, 5) is 14.3. The van der Waals surface area contributed by atoms with Gasteiger partial charge in [-0.15, -0.1) is 0 Å². The molecule has 6 heteroatoms. The summed E-state index contributed by atoms with van der Waals surface area (Å²) in [5.74, 6) is -2.71. The average Bonchev–Trinajstić information content (AvgIpc) is 2.14. The molecule has 1 heterocycles. The van der Waals surface area contributed by atoms with Crippen LogP contribution >= 0.6 is 11.6 Å². The molecule has 1 rings (SSSR count). The number of alkyl halides is 2. The van der Waals surface area contributed by atoms with Gasteiger partial charge in [-0.1, -0.05) is 17.7 Å². The fourth-order valence-electron chi connectivity index (χ4n) is 1.34. The summed E-state index contributed by atoms with van der Waals surface area (Å²) in [6.07, 6.45) is -3.44. The average molecular weight is 250 g/mol. The minimum absolute atomic E-state index is 0.0634. The smallest absolute Gasteiger partial charge is 0.304 e. The van der Waals surface area contributed by atoms with Gasteiger partial charge in [0.15, 0.2) is 0 Å². The Bertz CT molecular complexity index is 398. The van der Waals surface area contributed by atoms with Gasteiger partial charge in [-0.25, -0.2) is 13.8 Å². The third kappa shape index (κ3) is 3.13. The van der Waals surface area contributed by atoms with E-state index in [1.54, 1.807) is 6.92 Å². The molecule has 0 spiro atoms. The number of rotatable bonds is 4. The molecule has 0 saturated heterocycles. The highest BCUT2D eigenvalue weighted by atomic mass is 35.5. The Kier molecular flexibility index (Phi) is 4.18. The van der Waals surface area contributed by atoms with Crippen LogP contribution in [0.15, 0.2) is 12.1 Å². The largest absolute Gasteiger partial charge is 0.481 e. The van der Waals surface area contributed by atoms with E-state index in [2.05, 4.69) is 4.98 Å². The van der Waals surface area contributed by atoms with Gasteiger partial charge in [0.1, 0.15) is 5.15 Å². The van der Waals surface area contributed by atoms with Crippen molar-refractivity contribution in [2.75, 3.05) is 0 Å². The topological polar surface area (TPSA) is 50.2 Å². The van der Waals surface area contributed by atoms with Crippen LogP contribution in [0.3, 0.4) is 0 Å². The van der Waals surface area contributed by atoms with Crippen LogP contribution in [0, 0.1) is 6.92 Å². The van der Waals surface area contributed by atoms with E-state index in [9.17, 15) is 13.6 Å². The number of aryl methyl sites for hydroxylation is 1. The van der Waals surface area contributed by atoms with Crippen LogP contribution in [0.2, 0.25) is 5.15 Å². The van der Waals surface area contributed by atoms with Crippen LogP contribution in [-0.4, -0.2) is 22.5 Å². The number of carbonyl (C=O) groups is 1. The van der Waals surface area contributed by atoms with Crippen LogP contribution in [0.1, 0.15) is 23.6 Å². The molecule has 0 bridgehead atoms. The van der Waals surface area contributed by atoms with Crippen molar-refractivity contribution in [3.05, 3.63) is 28.5 Å². The van der Waals surface area contributed by atoms with Crippen molar-refractivity contribution in [2.45, 2.75) is 25.7 Å². The SMILES string of the molecule is Cc1ccc(C(CC(=O)O)C(F)F)c(Cl)n1. The van der Waals surface area contributed by atoms with Crippen molar-refractivity contribution in [2.24, 2.45) is 0 Å². The minimum atomic E-state index is -2.78. The first-order valence-corrected chi connectivity index (χ1v) is 4.92. The summed E-state index contributed by atoms with van der Waals surface area (Å²) < 4.78 is 25.4. The molecule has 0 saturated carbocycles. The number of hydrogen-bond acceptors (Lipinski definition) is 2. The van der Waals surface area contributed by atoms with Gasteiger partial charge in [-0.3, -0.25) is 4.79 Å². The fourth-order valence-corrected chi connectivity index (χ4v) is 1.67. The summed E-state index contributed by atoms with van der Waals surface area (Å²) >= 11 is 5.71. The van der Waals surface area contributed by atoms with Crippen LogP contribution < -0.4 is 0 Å². The first kappa shape index (κ1) is 12.8. The van der Waals surface area contributed by atoms with Gasteiger partial charge in [-0.05, 0) is 18.6 Å². The Morgan fingerprint density at radius 3 is 2.62 bits per heavy atom. The molecule has 0 radical (unpaired) electrons. The van der Waals surface area contributed by atoms with E-state index in [1.807, 2.05) is 0 Å². The number of carboxylic acids is 1. The lowest BCUT2D eigenvalue weighted by Gasteiger charge is -2.15. The van der Waals surface area contributed by atoms with Crippen LogP contribution in [0.4, 0.5) is 8.78 Å². The van der Waals surface area contributed by atoms with E-state index in [-0.39, 0.29) is 10.7 Å². The fraction of sp³-hybridized carbons (Fsp3) is 0.400. The molecule has 3 nitrogen and oxygen atoms in total. The molecule has 1 N–H and O–H groups in total. The molecule has 1 aromatic heterocycles. The van der Waals surface area contributed by atoms with Crippen molar-refractivity contribution >= 4 is 17.6 Å². The molecule has 0 aliphatic heterocycles. The van der Waals surface area contributed by atoms with Crippen LogP contribution in [0.5, 0.6) is 0 Å². The highest BCUT2D eigenvalue weighted by molar-refractivity contribution is 6.30. The van der Waals surface area contributed by atoms with E-state index in [0.717, 1.165) is 0 Å². The number of carboxylic acid groups (broad SMARTS) is 1. The first-order chi connectivity index (χ1) is 7.41. The predicted molar refractivity (Wildman–Crippen MR) is 55.0 cm³/mol. The Morgan fingerprint density at radius 2 is 2.19 bits per heavy atom. The Morgan fingerprint density at radius 1 is 1.56 bits per heavy atom. The summed E-state index contributed by atoms with van der Waals surface area (Å²) in [5.41, 5.74) is 0.668. The summed E-state index contributed by atoms with van der Waals surface area (Å²) in [6.45, 7) is 1.67. The van der Waals surface area contributed by atoms with E-state index >= 15 is 0 Å². The number of aromatic nitrogens is 1. The van der Waals surface area contributed by atoms with E-state index in [0.29, 0.717) is 5.69 Å². The zero-order chi connectivity index (χ0) is 12.3. The molecule has 0 aliphatic carbocycles. The number of aliphatic carboxylic acids is 1. The molecule has 1 atom stereocenters. The molecule has 1 unspecified atom stereocenters. The highest BCUT2D eigenvalue weighted by Crippen LogP contribution is 2.31. The molecule has 88 valence electrons. The van der Waals surface area contributed by atoms with Gasteiger partial charge >= 0.3 is 5.97 Å². The molecule has 0 amide bonds. The van der Waals surface area contributed by atoms with Gasteiger partial charge in [0.25, 0.3) is 0 Å². The van der Waals surface area contributed by atoms with E-state index in [1.165, 1.54) is 12.1 Å². The summed E-state index contributed by atoms with van der Waals surface area (Å²) in [6, 6.07) is 2.92. The molecule has 16 heavy (non-hydrogen) atoms. The minimum Gasteiger partial charge on any atom is -0.481 e. The third-order valence-corrected chi connectivity index (χ3v) is 2.42. The monoisotopic (exact) mass is 249 g/mol. The van der Waals surface area contributed by atoms with Gasteiger partial charge in [0.2, 0.25) is 6.43 Å². The number of pyridine rings is 1. The van der Waals surface area contributed by atoms with Gasteiger partial charge in [-0.2, -0.15) is 0 Å². The number of nitrogens with zero attached hydrogens (tertiary/aromatic N) is 1. The van der Waals surface area contributed by atoms with Crippen LogP contribution in [-0.2, 0) is 4.79 Å². The standard InChI is InChI=1S/C10H10ClF2NO2/c1-5-2-3-6(9(11)14-5)7(10(12)13)4-8(15)16/h2-3,7,10H,4H2,1H3,(H,15,16). The van der Waals surface area contributed by atoms with Gasteiger partial charge in [0.05, 0.1) is 12.3 Å². The second kappa shape index (κ2) is 5.21. The first-order valence-electron chi connectivity index (χ1n) is 4.54. The lowest BCUT2D eigenvalue weighted by Crippen LogP contribution is -2.15. The molecule has 1 aromatic rings. The second-order valence-corrected chi connectivity index (χ2v) is 3.73. The number of hydrogen-bond donors (Lipinski definition) is 1. The third-order valence-electron chi connectivity index (χ3n) is 2.11. The molecular weight excluding hydrogens is 240 g/mol. The van der Waals surface area contributed by atoms with Crippen molar-refractivity contribution in [1.29, 1.82) is 0 Å². The maximum Gasteiger partial charge on any atom is 0.304 e. The predicted octanol–water partition coefficient (Wildman–Crippen LogP) is 2.87. The molecular formula is C10H10ClF2NO2. The normalized spacial score (nSPS) is 12.8. The lowest BCUT2D eigenvalue weighted by molar-refractivity contribution is -0.138. The maximum absolute atomic E-state index is 12.7. The highest BCUT2D eigenvalue weighted by Gasteiger charge is 2.27. The Balaban J connectivity index is 3.05. The van der Waals surface area contributed by atoms with E-state index < -0.39 is 24.7 Å². The van der Waals surface area contributed by atoms with Crippen molar-refractivity contribution in [1.82, 2.24) is 4.98 Å².